The summed E-state index contributed by atoms with van der Waals surface area (Å²) in [5.41, 5.74) is 14.8. The van der Waals surface area contributed by atoms with Crippen molar-refractivity contribution in [2.75, 3.05) is 5.73 Å². The van der Waals surface area contributed by atoms with E-state index in [-0.39, 0.29) is 6.04 Å². The minimum atomic E-state index is -0.120. The molecule has 1 atom stereocenters. The highest BCUT2D eigenvalue weighted by molar-refractivity contribution is 9.10. The summed E-state index contributed by atoms with van der Waals surface area (Å²) < 4.78 is 1.07. The van der Waals surface area contributed by atoms with Crippen LogP contribution in [0.15, 0.2) is 47.2 Å². The van der Waals surface area contributed by atoms with Gasteiger partial charge in [0.15, 0.2) is 0 Å². The second-order valence-corrected chi connectivity index (χ2v) is 4.86. The van der Waals surface area contributed by atoms with Gasteiger partial charge in [0, 0.05) is 34.2 Å². The fourth-order valence-corrected chi connectivity index (χ4v) is 1.98. The number of aromatic nitrogens is 1. The molecule has 0 radical (unpaired) electrons. The largest absolute Gasteiger partial charge is 0.398 e. The highest BCUT2D eigenvalue weighted by Gasteiger charge is 2.10. The van der Waals surface area contributed by atoms with E-state index in [0.717, 1.165) is 16.5 Å². The van der Waals surface area contributed by atoms with Crippen molar-refractivity contribution in [1.82, 2.24) is 4.98 Å². The smallest absolute Gasteiger partial charge is 0.0393 e. The zero-order valence-electron chi connectivity index (χ0n) is 9.31. The number of halogens is 1. The summed E-state index contributed by atoms with van der Waals surface area (Å²) in [6.45, 7) is 0. The molecule has 1 heterocycles. The molecule has 2 aromatic rings. The van der Waals surface area contributed by atoms with E-state index in [1.54, 1.807) is 18.5 Å². The van der Waals surface area contributed by atoms with Gasteiger partial charge in [0.2, 0.25) is 0 Å². The maximum absolute atomic E-state index is 6.13. The maximum atomic E-state index is 6.13. The zero-order valence-corrected chi connectivity index (χ0v) is 10.9. The second-order valence-electron chi connectivity index (χ2n) is 3.94. The van der Waals surface area contributed by atoms with Crippen LogP contribution in [-0.4, -0.2) is 4.98 Å². The van der Waals surface area contributed by atoms with E-state index in [0.29, 0.717) is 5.69 Å². The molecule has 0 spiro atoms. The van der Waals surface area contributed by atoms with Gasteiger partial charge in [0.25, 0.3) is 0 Å². The highest BCUT2D eigenvalue weighted by atomic mass is 79.9. The summed E-state index contributed by atoms with van der Waals surface area (Å²) in [5, 5.41) is 0. The number of nitrogens with zero attached hydrogens (tertiary/aromatic N) is 1. The minimum absolute atomic E-state index is 0.120. The number of rotatable bonds is 3. The number of pyridine rings is 1. The number of hydrogen-bond donors (Lipinski definition) is 2. The van der Waals surface area contributed by atoms with E-state index in [1.807, 2.05) is 12.1 Å². The van der Waals surface area contributed by atoms with Crippen LogP contribution in [0, 0.1) is 0 Å². The molecule has 3 nitrogen and oxygen atoms in total. The lowest BCUT2D eigenvalue weighted by Gasteiger charge is -2.13. The molecule has 0 amide bonds. The topological polar surface area (TPSA) is 64.9 Å². The van der Waals surface area contributed by atoms with Crippen molar-refractivity contribution < 1.29 is 0 Å². The molecule has 88 valence electrons. The lowest BCUT2D eigenvalue weighted by Crippen LogP contribution is -2.15. The molecule has 0 aliphatic rings. The van der Waals surface area contributed by atoms with E-state index < -0.39 is 0 Å². The van der Waals surface area contributed by atoms with Crippen LogP contribution in [-0.2, 0) is 6.42 Å². The van der Waals surface area contributed by atoms with Crippen LogP contribution < -0.4 is 11.5 Å². The number of nitrogen functional groups attached to an aromatic ring is 1. The van der Waals surface area contributed by atoms with E-state index >= 15 is 0 Å². The quantitative estimate of drug-likeness (QED) is 0.914. The van der Waals surface area contributed by atoms with Gasteiger partial charge in [0.1, 0.15) is 0 Å². The molecule has 1 aromatic carbocycles. The van der Waals surface area contributed by atoms with E-state index in [2.05, 4.69) is 33.0 Å². The van der Waals surface area contributed by atoms with Crippen LogP contribution in [0.5, 0.6) is 0 Å². The summed E-state index contributed by atoms with van der Waals surface area (Å²) in [7, 11) is 0. The monoisotopic (exact) mass is 291 g/mol. The molecular weight excluding hydrogens is 278 g/mol. The van der Waals surface area contributed by atoms with Crippen LogP contribution >= 0.6 is 15.9 Å². The van der Waals surface area contributed by atoms with Gasteiger partial charge in [-0.2, -0.15) is 0 Å². The van der Waals surface area contributed by atoms with Crippen molar-refractivity contribution in [3.8, 4) is 0 Å². The Bertz CT molecular complexity index is 496. The Balaban J connectivity index is 2.14. The van der Waals surface area contributed by atoms with Crippen molar-refractivity contribution >= 4 is 21.6 Å². The normalized spacial score (nSPS) is 12.4. The molecular formula is C13H14BrN3. The van der Waals surface area contributed by atoms with Crippen molar-refractivity contribution in [3.05, 3.63) is 58.3 Å². The number of benzene rings is 1. The molecule has 0 saturated carbocycles. The average Bonchev–Trinajstić information content (AvgIpc) is 2.32. The SMILES string of the molecule is Nc1ccncc1C(N)Cc1ccc(Br)cc1. The van der Waals surface area contributed by atoms with Crippen molar-refractivity contribution in [3.63, 3.8) is 0 Å². The van der Waals surface area contributed by atoms with Crippen molar-refractivity contribution in [2.45, 2.75) is 12.5 Å². The molecule has 4 N–H and O–H groups in total. The first-order valence-corrected chi connectivity index (χ1v) is 6.15. The lowest BCUT2D eigenvalue weighted by molar-refractivity contribution is 0.720. The van der Waals surface area contributed by atoms with E-state index in [4.69, 9.17) is 11.5 Å². The molecule has 1 unspecified atom stereocenters. The van der Waals surface area contributed by atoms with Crippen molar-refractivity contribution in [1.29, 1.82) is 0 Å². The average molecular weight is 292 g/mol. The molecule has 4 heteroatoms. The van der Waals surface area contributed by atoms with Crippen LogP contribution in [0.25, 0.3) is 0 Å². The highest BCUT2D eigenvalue weighted by Crippen LogP contribution is 2.21. The molecule has 0 aliphatic heterocycles. The summed E-state index contributed by atoms with van der Waals surface area (Å²) in [6.07, 6.45) is 4.16. The molecule has 0 bridgehead atoms. The predicted molar refractivity (Wildman–Crippen MR) is 73.4 cm³/mol. The number of nitrogens with two attached hydrogens (primary N) is 2. The minimum Gasteiger partial charge on any atom is -0.398 e. The third-order valence-electron chi connectivity index (χ3n) is 2.66. The van der Waals surface area contributed by atoms with E-state index in [1.165, 1.54) is 5.56 Å². The van der Waals surface area contributed by atoms with Gasteiger partial charge in [0.05, 0.1) is 0 Å². The summed E-state index contributed by atoms with van der Waals surface area (Å²) in [5.74, 6) is 0. The Morgan fingerprint density at radius 3 is 2.53 bits per heavy atom. The van der Waals surface area contributed by atoms with Gasteiger partial charge in [-0.05, 0) is 30.2 Å². The van der Waals surface area contributed by atoms with Gasteiger partial charge in [-0.25, -0.2) is 0 Å². The van der Waals surface area contributed by atoms with E-state index in [9.17, 15) is 0 Å². The fraction of sp³-hybridized carbons (Fsp3) is 0.154. The van der Waals surface area contributed by atoms with Gasteiger partial charge < -0.3 is 11.5 Å². The van der Waals surface area contributed by atoms with Crippen molar-refractivity contribution in [2.24, 2.45) is 5.73 Å². The first kappa shape index (κ1) is 12.1. The third-order valence-corrected chi connectivity index (χ3v) is 3.18. The Kier molecular flexibility index (Phi) is 3.76. The standard InChI is InChI=1S/C13H14BrN3/c14-10-3-1-9(2-4-10)7-13(16)11-8-17-6-5-12(11)15/h1-6,8,13H,7,16H2,(H2,15,17). The maximum Gasteiger partial charge on any atom is 0.0393 e. The van der Waals surface area contributed by atoms with Gasteiger partial charge in [-0.15, -0.1) is 0 Å². The molecule has 0 fully saturated rings. The van der Waals surface area contributed by atoms with Crippen LogP contribution in [0.3, 0.4) is 0 Å². The summed E-state index contributed by atoms with van der Waals surface area (Å²) >= 11 is 3.41. The lowest BCUT2D eigenvalue weighted by atomic mass is 10.00. The predicted octanol–water partition coefficient (Wildman–Crippen LogP) is 2.67. The van der Waals surface area contributed by atoms with Gasteiger partial charge >= 0.3 is 0 Å². The summed E-state index contributed by atoms with van der Waals surface area (Å²) in [4.78, 5) is 4.05. The summed E-state index contributed by atoms with van der Waals surface area (Å²) in [6, 6.07) is 9.78. The Labute approximate surface area is 109 Å². The first-order chi connectivity index (χ1) is 8.16. The van der Waals surface area contributed by atoms with Crippen LogP contribution in [0.2, 0.25) is 0 Å². The molecule has 17 heavy (non-hydrogen) atoms. The fourth-order valence-electron chi connectivity index (χ4n) is 1.71. The third kappa shape index (κ3) is 3.05. The number of anilines is 1. The Morgan fingerprint density at radius 2 is 1.88 bits per heavy atom. The molecule has 1 aromatic heterocycles. The first-order valence-electron chi connectivity index (χ1n) is 5.36. The number of hydrogen-bond acceptors (Lipinski definition) is 3. The van der Waals surface area contributed by atoms with Gasteiger partial charge in [-0.1, -0.05) is 28.1 Å². The Hall–Kier alpha value is -1.39. The van der Waals surface area contributed by atoms with Gasteiger partial charge in [-0.3, -0.25) is 4.98 Å². The Morgan fingerprint density at radius 1 is 1.18 bits per heavy atom. The van der Waals surface area contributed by atoms with Crippen LogP contribution in [0.4, 0.5) is 5.69 Å². The zero-order chi connectivity index (χ0) is 12.3. The molecule has 0 saturated heterocycles. The second kappa shape index (κ2) is 5.29. The molecule has 2 rings (SSSR count). The molecule has 0 aliphatic carbocycles. The van der Waals surface area contributed by atoms with Crippen LogP contribution in [0.1, 0.15) is 17.2 Å².